The molecule has 1 N–H and O–H groups in total. The van der Waals surface area contributed by atoms with Crippen LogP contribution in [0.4, 0.5) is 5.82 Å². The van der Waals surface area contributed by atoms with E-state index in [-0.39, 0.29) is 0 Å². The highest BCUT2D eigenvalue weighted by atomic mass is 15.2. The predicted octanol–water partition coefficient (Wildman–Crippen LogP) is 2.36. The molecule has 4 nitrogen and oxygen atoms in total. The molecular formula is C14H24N4. The van der Waals surface area contributed by atoms with Gasteiger partial charge in [-0.15, -0.1) is 0 Å². The molecule has 1 aromatic rings. The summed E-state index contributed by atoms with van der Waals surface area (Å²) in [5, 5.41) is 3.34. The minimum atomic E-state index is 0.711. The van der Waals surface area contributed by atoms with Gasteiger partial charge in [0.15, 0.2) is 0 Å². The highest BCUT2D eigenvalue weighted by Crippen LogP contribution is 2.30. The van der Waals surface area contributed by atoms with E-state index in [1.807, 2.05) is 12.4 Å². The number of nitrogens with one attached hydrogen (secondary N) is 1. The Morgan fingerprint density at radius 1 is 1.22 bits per heavy atom. The van der Waals surface area contributed by atoms with Crippen LogP contribution < -0.4 is 10.2 Å². The first-order valence-electron chi connectivity index (χ1n) is 7.13. The summed E-state index contributed by atoms with van der Waals surface area (Å²) in [5.41, 5.74) is 1.03. The lowest BCUT2D eigenvalue weighted by Gasteiger charge is -2.22. The third-order valence-electron chi connectivity index (χ3n) is 3.17. The molecule has 1 fully saturated rings. The van der Waals surface area contributed by atoms with Gasteiger partial charge in [0.05, 0.1) is 18.1 Å². The van der Waals surface area contributed by atoms with E-state index in [0.29, 0.717) is 6.04 Å². The molecule has 0 saturated heterocycles. The SMILES string of the molecule is CCCNCc1cnc(N(CCC)C2CC2)cn1. The fraction of sp³-hybridized carbons (Fsp3) is 0.714. The van der Waals surface area contributed by atoms with Crippen molar-refractivity contribution in [3.63, 3.8) is 0 Å². The molecule has 18 heavy (non-hydrogen) atoms. The Morgan fingerprint density at radius 3 is 2.61 bits per heavy atom. The number of hydrogen-bond donors (Lipinski definition) is 1. The van der Waals surface area contributed by atoms with Crippen LogP contribution in [0.25, 0.3) is 0 Å². The number of anilines is 1. The zero-order chi connectivity index (χ0) is 12.8. The average molecular weight is 248 g/mol. The van der Waals surface area contributed by atoms with Crippen molar-refractivity contribution < 1.29 is 0 Å². The van der Waals surface area contributed by atoms with E-state index >= 15 is 0 Å². The Bertz CT molecular complexity index is 345. The second-order valence-electron chi connectivity index (χ2n) is 4.97. The van der Waals surface area contributed by atoms with Crippen molar-refractivity contribution in [1.82, 2.24) is 15.3 Å². The van der Waals surface area contributed by atoms with E-state index in [4.69, 9.17) is 0 Å². The minimum Gasteiger partial charge on any atom is -0.352 e. The van der Waals surface area contributed by atoms with Gasteiger partial charge in [-0.25, -0.2) is 4.98 Å². The smallest absolute Gasteiger partial charge is 0.147 e. The van der Waals surface area contributed by atoms with E-state index in [0.717, 1.165) is 44.0 Å². The minimum absolute atomic E-state index is 0.711. The molecule has 1 aliphatic carbocycles. The van der Waals surface area contributed by atoms with Gasteiger partial charge in [-0.2, -0.15) is 0 Å². The first-order chi connectivity index (χ1) is 8.85. The molecule has 0 aromatic carbocycles. The summed E-state index contributed by atoms with van der Waals surface area (Å²) >= 11 is 0. The Morgan fingerprint density at radius 2 is 2.06 bits per heavy atom. The summed E-state index contributed by atoms with van der Waals surface area (Å²) in [6, 6.07) is 0.711. The fourth-order valence-electron chi connectivity index (χ4n) is 2.09. The maximum absolute atomic E-state index is 4.56. The molecule has 1 saturated carbocycles. The maximum atomic E-state index is 4.56. The number of hydrogen-bond acceptors (Lipinski definition) is 4. The monoisotopic (exact) mass is 248 g/mol. The summed E-state index contributed by atoms with van der Waals surface area (Å²) in [4.78, 5) is 11.5. The van der Waals surface area contributed by atoms with Gasteiger partial charge in [0.1, 0.15) is 5.82 Å². The van der Waals surface area contributed by atoms with Crippen molar-refractivity contribution in [3.8, 4) is 0 Å². The molecule has 0 bridgehead atoms. The number of nitrogens with zero attached hydrogens (tertiary/aromatic N) is 3. The van der Waals surface area contributed by atoms with Crippen LogP contribution in [-0.2, 0) is 6.54 Å². The summed E-state index contributed by atoms with van der Waals surface area (Å²) in [7, 11) is 0. The quantitative estimate of drug-likeness (QED) is 0.717. The molecule has 1 aliphatic rings. The van der Waals surface area contributed by atoms with Crippen molar-refractivity contribution in [3.05, 3.63) is 18.1 Å². The van der Waals surface area contributed by atoms with Crippen molar-refractivity contribution in [2.45, 2.75) is 52.1 Å². The van der Waals surface area contributed by atoms with Crippen LogP contribution in [0, 0.1) is 0 Å². The maximum Gasteiger partial charge on any atom is 0.147 e. The standard InChI is InChI=1S/C14H24N4/c1-3-7-15-9-12-10-17-14(11-16-12)18(8-4-2)13-5-6-13/h10-11,13,15H,3-9H2,1-2H3. The van der Waals surface area contributed by atoms with Gasteiger partial charge in [-0.1, -0.05) is 13.8 Å². The molecular weight excluding hydrogens is 224 g/mol. The molecule has 2 rings (SSSR count). The molecule has 100 valence electrons. The van der Waals surface area contributed by atoms with Crippen LogP contribution in [0.1, 0.15) is 45.2 Å². The van der Waals surface area contributed by atoms with Crippen LogP contribution in [0.15, 0.2) is 12.4 Å². The summed E-state index contributed by atoms with van der Waals surface area (Å²) < 4.78 is 0. The van der Waals surface area contributed by atoms with Crippen LogP contribution in [0.2, 0.25) is 0 Å². The summed E-state index contributed by atoms with van der Waals surface area (Å²) in [5.74, 6) is 1.04. The Hall–Kier alpha value is -1.16. The van der Waals surface area contributed by atoms with Crippen LogP contribution in [0.5, 0.6) is 0 Å². The van der Waals surface area contributed by atoms with E-state index < -0.39 is 0 Å². The number of aromatic nitrogens is 2. The van der Waals surface area contributed by atoms with Gasteiger partial charge in [0, 0.05) is 19.1 Å². The largest absolute Gasteiger partial charge is 0.352 e. The van der Waals surface area contributed by atoms with Crippen LogP contribution >= 0.6 is 0 Å². The second kappa shape index (κ2) is 6.69. The normalized spacial score (nSPS) is 14.8. The Labute approximate surface area is 110 Å². The average Bonchev–Trinajstić information content (AvgIpc) is 3.22. The van der Waals surface area contributed by atoms with Gasteiger partial charge in [0.2, 0.25) is 0 Å². The van der Waals surface area contributed by atoms with Gasteiger partial charge < -0.3 is 10.2 Å². The topological polar surface area (TPSA) is 41.1 Å². The van der Waals surface area contributed by atoms with Crippen molar-refractivity contribution in [2.75, 3.05) is 18.0 Å². The van der Waals surface area contributed by atoms with Crippen molar-refractivity contribution in [2.24, 2.45) is 0 Å². The highest BCUT2D eigenvalue weighted by Gasteiger charge is 2.29. The van der Waals surface area contributed by atoms with E-state index in [9.17, 15) is 0 Å². The highest BCUT2D eigenvalue weighted by molar-refractivity contribution is 5.39. The Kier molecular flexibility index (Phi) is 4.93. The fourth-order valence-corrected chi connectivity index (χ4v) is 2.09. The van der Waals surface area contributed by atoms with Crippen molar-refractivity contribution in [1.29, 1.82) is 0 Å². The zero-order valence-electron chi connectivity index (χ0n) is 11.5. The molecule has 1 heterocycles. The molecule has 0 aliphatic heterocycles. The second-order valence-corrected chi connectivity index (χ2v) is 4.97. The molecule has 4 heteroatoms. The lowest BCUT2D eigenvalue weighted by Crippen LogP contribution is -2.27. The molecule has 0 radical (unpaired) electrons. The summed E-state index contributed by atoms with van der Waals surface area (Å²) in [6.07, 6.45) is 8.76. The molecule has 1 aromatic heterocycles. The van der Waals surface area contributed by atoms with E-state index in [1.165, 1.54) is 12.8 Å². The Balaban J connectivity index is 1.92. The van der Waals surface area contributed by atoms with Crippen LogP contribution in [-0.4, -0.2) is 29.1 Å². The first-order valence-corrected chi connectivity index (χ1v) is 7.13. The van der Waals surface area contributed by atoms with Crippen LogP contribution in [0.3, 0.4) is 0 Å². The third kappa shape index (κ3) is 3.67. The third-order valence-corrected chi connectivity index (χ3v) is 3.17. The zero-order valence-corrected chi connectivity index (χ0v) is 11.5. The van der Waals surface area contributed by atoms with Gasteiger partial charge in [-0.05, 0) is 32.2 Å². The molecule has 0 amide bonds. The van der Waals surface area contributed by atoms with Gasteiger partial charge in [-0.3, -0.25) is 4.98 Å². The van der Waals surface area contributed by atoms with Gasteiger partial charge >= 0.3 is 0 Å². The lowest BCUT2D eigenvalue weighted by molar-refractivity contribution is 0.660. The molecule has 0 unspecified atom stereocenters. The molecule has 0 atom stereocenters. The lowest BCUT2D eigenvalue weighted by atomic mass is 10.3. The number of rotatable bonds is 8. The van der Waals surface area contributed by atoms with Gasteiger partial charge in [0.25, 0.3) is 0 Å². The van der Waals surface area contributed by atoms with Crippen molar-refractivity contribution >= 4 is 5.82 Å². The predicted molar refractivity (Wildman–Crippen MR) is 74.7 cm³/mol. The van der Waals surface area contributed by atoms with E-state index in [2.05, 4.69) is 34.0 Å². The van der Waals surface area contributed by atoms with E-state index in [1.54, 1.807) is 0 Å². The molecule has 0 spiro atoms. The first kappa shape index (κ1) is 13.3. The summed E-state index contributed by atoms with van der Waals surface area (Å²) in [6.45, 7) is 7.32.